The van der Waals surface area contributed by atoms with Gasteiger partial charge in [0.05, 0.1) is 9.82 Å². The van der Waals surface area contributed by atoms with E-state index in [0.29, 0.717) is 17.2 Å². The summed E-state index contributed by atoms with van der Waals surface area (Å²) in [5.74, 6) is -0.266. The number of thioether (sulfide) groups is 1. The van der Waals surface area contributed by atoms with Crippen molar-refractivity contribution in [2.24, 2.45) is 0 Å². The Hall–Kier alpha value is -5.73. The van der Waals surface area contributed by atoms with Crippen molar-refractivity contribution in [3.8, 4) is 11.1 Å². The summed E-state index contributed by atoms with van der Waals surface area (Å²) in [6.07, 6.45) is 3.95. The molecule has 1 aliphatic rings. The molecular weight excluding hydrogens is 792 g/mol. The lowest BCUT2D eigenvalue weighted by molar-refractivity contribution is -0.384. The third kappa shape index (κ3) is 10.4. The Balaban J connectivity index is 0.971. The molecule has 0 bridgehead atoms. The van der Waals surface area contributed by atoms with E-state index in [9.17, 15) is 23.3 Å². The first-order valence-corrected chi connectivity index (χ1v) is 21.6. The number of carbonyl (C=O) groups excluding carboxylic acids is 1. The molecule has 2 heterocycles. The largest absolute Gasteiger partial charge is 0.376 e. The highest BCUT2D eigenvalue weighted by Gasteiger charge is 2.26. The van der Waals surface area contributed by atoms with E-state index in [1.807, 2.05) is 72.8 Å². The third-order valence-electron chi connectivity index (χ3n) is 9.90. The standard InChI is InChI=1S/C44H41ClN6O5S2/c45-36-16-12-33(13-17-36)41-11-5-4-8-35(41)30-49-23-25-50(26-24-49)38-18-14-34(15-19-38)44(52)48-58(55,56)40-20-21-42(43(28-40)51(53)54)47-37(27-32-7-6-22-46-29-32)31-57-39-9-2-1-3-10-39/h1-22,28-29,37,47H,23-27,30-31H2,(H,48,52)/t37-/m0/s1. The van der Waals surface area contributed by atoms with Gasteiger partial charge in [-0.1, -0.05) is 72.3 Å². The van der Waals surface area contributed by atoms with Crippen LogP contribution >= 0.6 is 23.4 Å². The van der Waals surface area contributed by atoms with Crippen molar-refractivity contribution in [3.05, 3.63) is 178 Å². The predicted octanol–water partition coefficient (Wildman–Crippen LogP) is 8.57. The summed E-state index contributed by atoms with van der Waals surface area (Å²) in [7, 11) is -4.46. The number of rotatable bonds is 15. The maximum Gasteiger partial charge on any atom is 0.293 e. The Kier molecular flexibility index (Phi) is 13.0. The first kappa shape index (κ1) is 40.5. The second-order valence-electron chi connectivity index (χ2n) is 13.9. The number of nitrogens with zero attached hydrogens (tertiary/aromatic N) is 4. The molecule has 1 aliphatic heterocycles. The highest BCUT2D eigenvalue weighted by molar-refractivity contribution is 7.99. The van der Waals surface area contributed by atoms with Crippen LogP contribution in [0.3, 0.4) is 0 Å². The van der Waals surface area contributed by atoms with E-state index in [-0.39, 0.29) is 17.3 Å². The van der Waals surface area contributed by atoms with Gasteiger partial charge in [-0.2, -0.15) is 0 Å². The summed E-state index contributed by atoms with van der Waals surface area (Å²) >= 11 is 7.72. The Morgan fingerprint density at radius 2 is 1.59 bits per heavy atom. The molecule has 296 valence electrons. The highest BCUT2D eigenvalue weighted by Crippen LogP contribution is 2.31. The molecule has 7 rings (SSSR count). The fourth-order valence-corrected chi connectivity index (χ4v) is 8.94. The number of carbonyl (C=O) groups is 1. The molecule has 6 aromatic rings. The summed E-state index contributed by atoms with van der Waals surface area (Å²) in [4.78, 5) is 34.3. The minimum atomic E-state index is -4.46. The molecule has 2 N–H and O–H groups in total. The van der Waals surface area contributed by atoms with Crippen molar-refractivity contribution >= 4 is 56.4 Å². The van der Waals surface area contributed by atoms with Gasteiger partial charge in [-0.3, -0.25) is 24.8 Å². The molecular formula is C44H41ClN6O5S2. The van der Waals surface area contributed by atoms with Crippen molar-refractivity contribution < 1.29 is 18.1 Å². The quantitative estimate of drug-likeness (QED) is 0.0588. The topological polar surface area (TPSA) is 138 Å². The van der Waals surface area contributed by atoms with Crippen LogP contribution < -0.4 is 14.9 Å². The first-order chi connectivity index (χ1) is 28.1. The Morgan fingerprint density at radius 1 is 0.862 bits per heavy atom. The van der Waals surface area contributed by atoms with E-state index >= 15 is 0 Å². The summed E-state index contributed by atoms with van der Waals surface area (Å²) in [6, 6.07) is 39.9. The monoisotopic (exact) mass is 832 g/mol. The van der Waals surface area contributed by atoms with Crippen LogP contribution in [0.2, 0.25) is 5.02 Å². The van der Waals surface area contributed by atoms with E-state index in [1.54, 1.807) is 48.4 Å². The zero-order chi connectivity index (χ0) is 40.5. The summed E-state index contributed by atoms with van der Waals surface area (Å²) in [5, 5.41) is 16.2. The van der Waals surface area contributed by atoms with Gasteiger partial charge in [0.15, 0.2) is 0 Å². The number of hydrogen-bond donors (Lipinski definition) is 2. The Bertz CT molecular complexity index is 2450. The molecule has 0 unspecified atom stereocenters. The van der Waals surface area contributed by atoms with E-state index in [0.717, 1.165) is 60.5 Å². The van der Waals surface area contributed by atoms with E-state index in [4.69, 9.17) is 11.6 Å². The lowest BCUT2D eigenvalue weighted by Crippen LogP contribution is -2.46. The molecule has 1 aromatic heterocycles. The van der Waals surface area contributed by atoms with Crippen molar-refractivity contribution in [2.45, 2.75) is 28.8 Å². The van der Waals surface area contributed by atoms with Gasteiger partial charge >= 0.3 is 0 Å². The fraction of sp³-hybridized carbons (Fsp3) is 0.182. The van der Waals surface area contributed by atoms with Crippen LogP contribution in [0.4, 0.5) is 17.1 Å². The molecule has 5 aromatic carbocycles. The number of anilines is 2. The number of sulfonamides is 1. The number of halogens is 1. The van der Waals surface area contributed by atoms with Gasteiger partial charge in [0.1, 0.15) is 5.69 Å². The third-order valence-corrected chi connectivity index (χ3v) is 12.7. The van der Waals surface area contributed by atoms with Crippen molar-refractivity contribution in [1.82, 2.24) is 14.6 Å². The Labute approximate surface area is 347 Å². The van der Waals surface area contributed by atoms with E-state index in [1.165, 1.54) is 23.3 Å². The SMILES string of the molecule is O=C(NS(=O)(=O)c1ccc(N[C@H](CSc2ccccc2)Cc2cccnc2)c([N+](=O)[O-])c1)c1ccc(N2CCN(Cc3ccccc3-c3ccc(Cl)cc3)CC2)cc1. The smallest absolute Gasteiger partial charge is 0.293 e. The van der Waals surface area contributed by atoms with E-state index in [2.05, 4.69) is 43.0 Å². The molecule has 0 aliphatic carbocycles. The van der Waals surface area contributed by atoms with Crippen molar-refractivity contribution in [3.63, 3.8) is 0 Å². The zero-order valence-corrected chi connectivity index (χ0v) is 33.8. The number of aromatic nitrogens is 1. The minimum Gasteiger partial charge on any atom is -0.376 e. The molecule has 0 spiro atoms. The summed E-state index contributed by atoms with van der Waals surface area (Å²) in [5.41, 5.74) is 5.29. The fourth-order valence-electron chi connectivity index (χ4n) is 6.88. The number of piperazine rings is 1. The van der Waals surface area contributed by atoms with Gasteiger partial charge in [-0.15, -0.1) is 11.8 Å². The first-order valence-electron chi connectivity index (χ1n) is 18.7. The average molecular weight is 833 g/mol. The second-order valence-corrected chi connectivity index (χ2v) is 17.1. The normalized spacial score (nSPS) is 13.8. The van der Waals surface area contributed by atoms with Crippen LogP contribution in [0.5, 0.6) is 0 Å². The molecule has 0 saturated carbocycles. The van der Waals surface area contributed by atoms with Crippen LogP contribution in [0.1, 0.15) is 21.5 Å². The van der Waals surface area contributed by atoms with Crippen LogP contribution in [-0.4, -0.2) is 67.1 Å². The molecule has 1 amide bonds. The summed E-state index contributed by atoms with van der Waals surface area (Å²) in [6.45, 7) is 4.05. The number of nitrogens with one attached hydrogen (secondary N) is 2. The minimum absolute atomic E-state index is 0.145. The number of amides is 1. The predicted molar refractivity (Wildman–Crippen MR) is 231 cm³/mol. The average Bonchev–Trinajstić information content (AvgIpc) is 3.24. The van der Waals surface area contributed by atoms with Gasteiger partial charge in [0.25, 0.3) is 21.6 Å². The molecule has 11 nitrogen and oxygen atoms in total. The van der Waals surface area contributed by atoms with Crippen molar-refractivity contribution in [1.29, 1.82) is 0 Å². The number of pyridine rings is 1. The van der Waals surface area contributed by atoms with Crippen LogP contribution in [0.25, 0.3) is 11.1 Å². The molecule has 14 heteroatoms. The zero-order valence-electron chi connectivity index (χ0n) is 31.4. The molecule has 1 saturated heterocycles. The summed E-state index contributed by atoms with van der Waals surface area (Å²) < 4.78 is 28.9. The molecule has 58 heavy (non-hydrogen) atoms. The number of benzene rings is 5. The van der Waals surface area contributed by atoms with Gasteiger partial charge in [-0.05, 0) is 95.4 Å². The number of nitro groups is 1. The molecule has 0 radical (unpaired) electrons. The number of hydrogen-bond acceptors (Lipinski definition) is 10. The van der Waals surface area contributed by atoms with Crippen molar-refractivity contribution in [2.75, 3.05) is 42.1 Å². The lowest BCUT2D eigenvalue weighted by Gasteiger charge is -2.36. The molecule has 1 fully saturated rings. The Morgan fingerprint density at radius 3 is 2.29 bits per heavy atom. The lowest BCUT2D eigenvalue weighted by atomic mass is 9.99. The second kappa shape index (κ2) is 18.7. The maximum absolute atomic E-state index is 13.4. The molecule has 1 atom stereocenters. The number of nitro benzene ring substituents is 1. The van der Waals surface area contributed by atoms with Crippen LogP contribution in [-0.2, 0) is 23.0 Å². The van der Waals surface area contributed by atoms with Gasteiger partial charge in [-0.25, -0.2) is 13.1 Å². The van der Waals surface area contributed by atoms with Gasteiger partial charge in [0, 0.05) is 84.1 Å². The van der Waals surface area contributed by atoms with E-state index < -0.39 is 31.4 Å². The van der Waals surface area contributed by atoms with Crippen LogP contribution in [0.15, 0.2) is 156 Å². The maximum atomic E-state index is 13.4. The highest BCUT2D eigenvalue weighted by atomic mass is 35.5. The van der Waals surface area contributed by atoms with Gasteiger partial charge in [0.2, 0.25) is 0 Å². The van der Waals surface area contributed by atoms with Crippen LogP contribution in [0, 0.1) is 10.1 Å². The van der Waals surface area contributed by atoms with Gasteiger partial charge < -0.3 is 10.2 Å².